The topological polar surface area (TPSA) is 23.5 Å². The lowest BCUT2D eigenvalue weighted by atomic mass is 9.79. The molecule has 1 N–H and O–H groups in total. The summed E-state index contributed by atoms with van der Waals surface area (Å²) in [5, 5.41) is 9.94. The molecule has 17 heavy (non-hydrogen) atoms. The molecule has 1 saturated heterocycles. The van der Waals surface area contributed by atoms with E-state index in [-0.39, 0.29) is 6.10 Å². The van der Waals surface area contributed by atoms with Crippen LogP contribution >= 0.6 is 0 Å². The molecule has 1 saturated carbocycles. The van der Waals surface area contributed by atoms with Gasteiger partial charge in [0.25, 0.3) is 0 Å². The Kier molecular flexibility index (Phi) is 5.30. The van der Waals surface area contributed by atoms with Gasteiger partial charge in [0.1, 0.15) is 0 Å². The summed E-state index contributed by atoms with van der Waals surface area (Å²) >= 11 is 0. The van der Waals surface area contributed by atoms with E-state index in [4.69, 9.17) is 0 Å². The van der Waals surface area contributed by atoms with Crippen molar-refractivity contribution in [2.45, 2.75) is 76.9 Å². The van der Waals surface area contributed by atoms with E-state index in [0.29, 0.717) is 6.04 Å². The van der Waals surface area contributed by atoms with Crippen LogP contribution in [0.1, 0.15) is 64.7 Å². The molecular weight excluding hydrogens is 210 g/mol. The standard InChI is InChI=1S/C15H29NO/c1-2-7-13-8-9-14(17)12-15(13)16-10-5-3-4-6-11-16/h13-15,17H,2-12H2,1H3. The quantitative estimate of drug-likeness (QED) is 0.817. The fourth-order valence-corrected chi connectivity index (χ4v) is 3.77. The molecule has 0 radical (unpaired) electrons. The first-order chi connectivity index (χ1) is 8.31. The molecule has 2 fully saturated rings. The Bertz CT molecular complexity index is 211. The minimum absolute atomic E-state index is 0.0311. The molecule has 1 heterocycles. The third-order valence-corrected chi connectivity index (χ3v) is 4.70. The van der Waals surface area contributed by atoms with Gasteiger partial charge in [-0.05, 0) is 57.5 Å². The van der Waals surface area contributed by atoms with Crippen LogP contribution < -0.4 is 0 Å². The van der Waals surface area contributed by atoms with Crippen LogP contribution in [-0.2, 0) is 0 Å². The molecular formula is C15H29NO. The second-order valence-corrected chi connectivity index (χ2v) is 6.03. The molecule has 2 heteroatoms. The highest BCUT2D eigenvalue weighted by Crippen LogP contribution is 2.33. The Morgan fingerprint density at radius 2 is 1.76 bits per heavy atom. The van der Waals surface area contributed by atoms with Crippen molar-refractivity contribution in [3.63, 3.8) is 0 Å². The zero-order valence-corrected chi connectivity index (χ0v) is 11.4. The average Bonchev–Trinajstić information content (AvgIpc) is 2.60. The molecule has 3 unspecified atom stereocenters. The maximum absolute atomic E-state index is 9.94. The molecule has 3 atom stereocenters. The van der Waals surface area contributed by atoms with Gasteiger partial charge in [-0.1, -0.05) is 26.2 Å². The summed E-state index contributed by atoms with van der Waals surface area (Å²) in [4.78, 5) is 2.70. The number of likely N-dealkylation sites (tertiary alicyclic amines) is 1. The summed E-state index contributed by atoms with van der Waals surface area (Å²) in [6.07, 6.45) is 11.5. The lowest BCUT2D eigenvalue weighted by molar-refractivity contribution is 0.0251. The van der Waals surface area contributed by atoms with Gasteiger partial charge < -0.3 is 10.0 Å². The highest BCUT2D eigenvalue weighted by atomic mass is 16.3. The SMILES string of the molecule is CCCC1CCC(O)CC1N1CCCCCC1. The van der Waals surface area contributed by atoms with E-state index in [1.54, 1.807) is 0 Å². The molecule has 0 bridgehead atoms. The number of aliphatic hydroxyl groups is 1. The van der Waals surface area contributed by atoms with Crippen LogP contribution in [0.3, 0.4) is 0 Å². The Hall–Kier alpha value is -0.0800. The van der Waals surface area contributed by atoms with E-state index in [1.807, 2.05) is 0 Å². The molecule has 2 aliphatic rings. The molecule has 2 nitrogen and oxygen atoms in total. The number of hydrogen-bond donors (Lipinski definition) is 1. The van der Waals surface area contributed by atoms with Gasteiger partial charge in [0.2, 0.25) is 0 Å². The molecule has 1 aliphatic carbocycles. The van der Waals surface area contributed by atoms with E-state index in [2.05, 4.69) is 11.8 Å². The summed E-state index contributed by atoms with van der Waals surface area (Å²) in [7, 11) is 0. The second kappa shape index (κ2) is 6.75. The Morgan fingerprint density at radius 1 is 1.06 bits per heavy atom. The van der Waals surface area contributed by atoms with Gasteiger partial charge in [-0.3, -0.25) is 0 Å². The maximum atomic E-state index is 9.94. The van der Waals surface area contributed by atoms with Crippen molar-refractivity contribution >= 4 is 0 Å². The van der Waals surface area contributed by atoms with Crippen molar-refractivity contribution in [1.82, 2.24) is 4.90 Å². The normalized spacial score (nSPS) is 36.7. The van der Waals surface area contributed by atoms with Crippen LogP contribution in [0.5, 0.6) is 0 Å². The lowest BCUT2D eigenvalue weighted by Crippen LogP contribution is -2.46. The van der Waals surface area contributed by atoms with Gasteiger partial charge in [-0.2, -0.15) is 0 Å². The minimum atomic E-state index is -0.0311. The van der Waals surface area contributed by atoms with E-state index in [1.165, 1.54) is 58.0 Å². The van der Waals surface area contributed by atoms with E-state index in [0.717, 1.165) is 18.8 Å². The lowest BCUT2D eigenvalue weighted by Gasteiger charge is -2.41. The third kappa shape index (κ3) is 3.69. The summed E-state index contributed by atoms with van der Waals surface area (Å²) in [6, 6.07) is 0.678. The predicted octanol–water partition coefficient (Wildman–Crippen LogP) is 3.19. The Morgan fingerprint density at radius 3 is 2.41 bits per heavy atom. The van der Waals surface area contributed by atoms with Crippen LogP contribution in [0.4, 0.5) is 0 Å². The Labute approximate surface area is 106 Å². The zero-order valence-electron chi connectivity index (χ0n) is 11.4. The Balaban J connectivity index is 1.96. The average molecular weight is 239 g/mol. The van der Waals surface area contributed by atoms with Gasteiger partial charge in [-0.15, -0.1) is 0 Å². The molecule has 0 aromatic rings. The highest BCUT2D eigenvalue weighted by molar-refractivity contribution is 4.87. The summed E-state index contributed by atoms with van der Waals surface area (Å²) < 4.78 is 0. The second-order valence-electron chi connectivity index (χ2n) is 6.03. The van der Waals surface area contributed by atoms with E-state index >= 15 is 0 Å². The van der Waals surface area contributed by atoms with Crippen molar-refractivity contribution < 1.29 is 5.11 Å². The van der Waals surface area contributed by atoms with Gasteiger partial charge in [0.15, 0.2) is 0 Å². The monoisotopic (exact) mass is 239 g/mol. The van der Waals surface area contributed by atoms with Crippen LogP contribution in [0, 0.1) is 5.92 Å². The van der Waals surface area contributed by atoms with Crippen molar-refractivity contribution in [2.24, 2.45) is 5.92 Å². The van der Waals surface area contributed by atoms with Crippen LogP contribution in [0.25, 0.3) is 0 Å². The molecule has 0 aromatic heterocycles. The number of aliphatic hydroxyl groups excluding tert-OH is 1. The van der Waals surface area contributed by atoms with Crippen molar-refractivity contribution in [1.29, 1.82) is 0 Å². The molecule has 2 rings (SSSR count). The molecule has 100 valence electrons. The zero-order chi connectivity index (χ0) is 12.1. The van der Waals surface area contributed by atoms with Crippen LogP contribution in [0.2, 0.25) is 0 Å². The van der Waals surface area contributed by atoms with Crippen LogP contribution in [-0.4, -0.2) is 35.2 Å². The van der Waals surface area contributed by atoms with Gasteiger partial charge >= 0.3 is 0 Å². The summed E-state index contributed by atoms with van der Waals surface area (Å²) in [5.74, 6) is 0.849. The number of hydrogen-bond acceptors (Lipinski definition) is 2. The number of rotatable bonds is 3. The minimum Gasteiger partial charge on any atom is -0.393 e. The van der Waals surface area contributed by atoms with Crippen molar-refractivity contribution in [3.05, 3.63) is 0 Å². The maximum Gasteiger partial charge on any atom is 0.0555 e. The van der Waals surface area contributed by atoms with Crippen molar-refractivity contribution in [2.75, 3.05) is 13.1 Å². The molecule has 0 amide bonds. The van der Waals surface area contributed by atoms with Gasteiger partial charge in [0.05, 0.1) is 6.10 Å². The first kappa shape index (κ1) is 13.4. The van der Waals surface area contributed by atoms with E-state index < -0.39 is 0 Å². The summed E-state index contributed by atoms with van der Waals surface area (Å²) in [6.45, 7) is 4.85. The fourth-order valence-electron chi connectivity index (χ4n) is 3.77. The molecule has 0 aromatic carbocycles. The number of nitrogens with zero attached hydrogens (tertiary/aromatic N) is 1. The van der Waals surface area contributed by atoms with Gasteiger partial charge in [0, 0.05) is 6.04 Å². The summed E-state index contributed by atoms with van der Waals surface area (Å²) in [5.41, 5.74) is 0. The van der Waals surface area contributed by atoms with Gasteiger partial charge in [-0.25, -0.2) is 0 Å². The van der Waals surface area contributed by atoms with Crippen molar-refractivity contribution in [3.8, 4) is 0 Å². The molecule has 0 spiro atoms. The molecule has 1 aliphatic heterocycles. The first-order valence-corrected chi connectivity index (χ1v) is 7.73. The van der Waals surface area contributed by atoms with Crippen LogP contribution in [0.15, 0.2) is 0 Å². The smallest absolute Gasteiger partial charge is 0.0555 e. The predicted molar refractivity (Wildman–Crippen MR) is 72.1 cm³/mol. The third-order valence-electron chi connectivity index (χ3n) is 4.70. The highest BCUT2D eigenvalue weighted by Gasteiger charge is 2.33. The first-order valence-electron chi connectivity index (χ1n) is 7.73. The fraction of sp³-hybridized carbons (Fsp3) is 1.00. The van der Waals surface area contributed by atoms with E-state index in [9.17, 15) is 5.11 Å². The largest absolute Gasteiger partial charge is 0.393 e.